The lowest BCUT2D eigenvalue weighted by atomic mass is 9.74. The van der Waals surface area contributed by atoms with Gasteiger partial charge in [-0.1, -0.05) is 51.3 Å². The van der Waals surface area contributed by atoms with Crippen LogP contribution in [-0.4, -0.2) is 0 Å². The van der Waals surface area contributed by atoms with E-state index in [0.29, 0.717) is 0 Å². The number of hydrogen-bond acceptors (Lipinski definition) is 1. The highest BCUT2D eigenvalue weighted by Gasteiger charge is 2.35. The van der Waals surface area contributed by atoms with Crippen LogP contribution in [0.3, 0.4) is 0 Å². The summed E-state index contributed by atoms with van der Waals surface area (Å²) in [6.07, 6.45) is 1.88. The zero-order valence-corrected chi connectivity index (χ0v) is 11.6. The van der Waals surface area contributed by atoms with E-state index in [4.69, 9.17) is 4.74 Å². The van der Waals surface area contributed by atoms with E-state index in [9.17, 15) is 0 Å². The summed E-state index contributed by atoms with van der Waals surface area (Å²) in [6.45, 7) is 16.4. The largest absolute Gasteiger partial charge is 0.456 e. The molecular weight excluding hydrogens is 220 g/mol. The predicted molar refractivity (Wildman–Crippen MR) is 76.9 cm³/mol. The second-order valence-electron chi connectivity index (χ2n) is 5.41. The Morgan fingerprint density at radius 2 is 2.00 bits per heavy atom. The van der Waals surface area contributed by atoms with Gasteiger partial charge in [0.2, 0.25) is 0 Å². The molecule has 0 N–H and O–H groups in total. The van der Waals surface area contributed by atoms with Gasteiger partial charge >= 0.3 is 0 Å². The molecule has 18 heavy (non-hydrogen) atoms. The molecule has 1 aliphatic rings. The van der Waals surface area contributed by atoms with Crippen LogP contribution >= 0.6 is 0 Å². The van der Waals surface area contributed by atoms with Crippen molar-refractivity contribution >= 4 is 0 Å². The Balaban J connectivity index is 2.75. The maximum atomic E-state index is 6.07. The maximum absolute atomic E-state index is 6.07. The Kier molecular flexibility index (Phi) is 2.94. The monoisotopic (exact) mass is 240 g/mol. The van der Waals surface area contributed by atoms with Crippen LogP contribution in [0.25, 0.3) is 0 Å². The van der Waals surface area contributed by atoms with Crippen molar-refractivity contribution in [3.8, 4) is 5.75 Å². The molecule has 0 saturated heterocycles. The molecule has 0 amide bonds. The third-order valence-electron chi connectivity index (χ3n) is 3.60. The fourth-order valence-electron chi connectivity index (χ4n) is 2.53. The van der Waals surface area contributed by atoms with E-state index in [1.807, 2.05) is 13.0 Å². The van der Waals surface area contributed by atoms with Crippen LogP contribution in [0, 0.1) is 6.92 Å². The summed E-state index contributed by atoms with van der Waals surface area (Å²) >= 11 is 0. The van der Waals surface area contributed by atoms with E-state index in [0.717, 1.165) is 28.2 Å². The quantitative estimate of drug-likeness (QED) is 0.729. The average Bonchev–Trinajstić information content (AvgIpc) is 2.29. The Hall–Kier alpha value is -1.76. The topological polar surface area (TPSA) is 9.23 Å². The molecule has 0 saturated carbocycles. The zero-order valence-electron chi connectivity index (χ0n) is 11.6. The van der Waals surface area contributed by atoms with Crippen molar-refractivity contribution in [3.63, 3.8) is 0 Å². The number of para-hydroxylation sites is 1. The number of hydrogen-bond donors (Lipinski definition) is 0. The summed E-state index contributed by atoms with van der Waals surface area (Å²) in [7, 11) is 0. The van der Waals surface area contributed by atoms with E-state index < -0.39 is 0 Å². The van der Waals surface area contributed by atoms with Gasteiger partial charge in [-0.25, -0.2) is 0 Å². The van der Waals surface area contributed by atoms with Crippen molar-refractivity contribution in [1.29, 1.82) is 0 Å². The first-order chi connectivity index (χ1) is 8.39. The fourth-order valence-corrected chi connectivity index (χ4v) is 2.53. The number of aryl methyl sites for hydroxylation is 1. The molecule has 0 fully saturated rings. The molecular formula is C17H20O. The highest BCUT2D eigenvalue weighted by molar-refractivity contribution is 5.57. The Bertz CT molecular complexity index is 559. The van der Waals surface area contributed by atoms with Gasteiger partial charge in [0.15, 0.2) is 0 Å². The van der Waals surface area contributed by atoms with Crippen LogP contribution in [0.1, 0.15) is 31.9 Å². The lowest BCUT2D eigenvalue weighted by Gasteiger charge is -2.36. The molecule has 0 radical (unpaired) electrons. The van der Waals surface area contributed by atoms with Gasteiger partial charge in [0, 0.05) is 16.6 Å². The molecule has 0 aliphatic carbocycles. The first-order valence-electron chi connectivity index (χ1n) is 6.20. The van der Waals surface area contributed by atoms with Gasteiger partial charge in [0.05, 0.1) is 0 Å². The first kappa shape index (κ1) is 12.7. The second-order valence-corrected chi connectivity index (χ2v) is 5.41. The zero-order chi connectivity index (χ0) is 13.5. The fraction of sp³-hybridized carbons (Fsp3) is 0.294. The summed E-state index contributed by atoms with van der Waals surface area (Å²) in [4.78, 5) is 0. The van der Waals surface area contributed by atoms with Crippen molar-refractivity contribution in [1.82, 2.24) is 0 Å². The molecule has 1 nitrogen and oxygen atoms in total. The number of ether oxygens (including phenoxy) is 1. The number of rotatable bonds is 2. The third-order valence-corrected chi connectivity index (χ3v) is 3.60. The van der Waals surface area contributed by atoms with E-state index >= 15 is 0 Å². The first-order valence-corrected chi connectivity index (χ1v) is 6.20. The number of fused-ring (bicyclic) bond motifs is 1. The van der Waals surface area contributed by atoms with E-state index in [2.05, 4.69) is 52.1 Å². The van der Waals surface area contributed by atoms with Crippen molar-refractivity contribution in [2.75, 3.05) is 0 Å². The third kappa shape index (κ3) is 1.71. The molecule has 1 aliphatic heterocycles. The predicted octanol–water partition coefficient (Wildman–Crippen LogP) is 4.68. The Morgan fingerprint density at radius 1 is 1.33 bits per heavy atom. The molecule has 0 spiro atoms. The van der Waals surface area contributed by atoms with Crippen molar-refractivity contribution in [2.45, 2.75) is 33.1 Å². The van der Waals surface area contributed by atoms with Crippen LogP contribution < -0.4 is 4.74 Å². The van der Waals surface area contributed by atoms with Crippen molar-refractivity contribution in [2.24, 2.45) is 0 Å². The summed E-state index contributed by atoms with van der Waals surface area (Å²) in [6, 6.07) is 6.27. The summed E-state index contributed by atoms with van der Waals surface area (Å²) in [5, 5.41) is 0. The Labute approximate surface area is 109 Å². The molecule has 94 valence electrons. The minimum Gasteiger partial charge on any atom is -0.456 e. The molecule has 0 aromatic heterocycles. The summed E-state index contributed by atoms with van der Waals surface area (Å²) in [5.74, 6) is 1.82. The number of allylic oxidation sites excluding steroid dienone is 3. The summed E-state index contributed by atoms with van der Waals surface area (Å²) < 4.78 is 6.07. The standard InChI is InChI=1S/C17H20O/c1-7-13-15(11(2)3)18-16-12(4)9-8-10-14(16)17(13,5)6/h7-10H,1-2H2,3-6H3. The second kappa shape index (κ2) is 4.16. The van der Waals surface area contributed by atoms with Crippen molar-refractivity contribution in [3.05, 3.63) is 65.5 Å². The van der Waals surface area contributed by atoms with Crippen molar-refractivity contribution < 1.29 is 4.74 Å². The minimum atomic E-state index is -0.102. The van der Waals surface area contributed by atoms with Gasteiger partial charge in [-0.15, -0.1) is 0 Å². The van der Waals surface area contributed by atoms with Gasteiger partial charge in [0.1, 0.15) is 11.5 Å². The molecule has 2 rings (SSSR count). The van der Waals surface area contributed by atoms with Gasteiger partial charge < -0.3 is 4.74 Å². The lowest BCUT2D eigenvalue weighted by molar-refractivity contribution is 0.379. The highest BCUT2D eigenvalue weighted by Crippen LogP contribution is 2.46. The molecule has 1 aromatic carbocycles. The van der Waals surface area contributed by atoms with E-state index in [-0.39, 0.29) is 5.41 Å². The molecule has 1 heteroatoms. The molecule has 0 atom stereocenters. The molecule has 1 aromatic rings. The number of benzene rings is 1. The Morgan fingerprint density at radius 3 is 2.56 bits per heavy atom. The van der Waals surface area contributed by atoms with Gasteiger partial charge in [-0.3, -0.25) is 0 Å². The highest BCUT2D eigenvalue weighted by atomic mass is 16.5. The minimum absolute atomic E-state index is 0.102. The van der Waals surface area contributed by atoms with Crippen LogP contribution in [0.4, 0.5) is 0 Å². The van der Waals surface area contributed by atoms with Crippen LogP contribution in [0.15, 0.2) is 54.3 Å². The summed E-state index contributed by atoms with van der Waals surface area (Å²) in [5.41, 5.74) is 4.31. The average molecular weight is 240 g/mol. The molecule has 0 unspecified atom stereocenters. The molecule has 1 heterocycles. The van der Waals surface area contributed by atoms with Gasteiger partial charge in [-0.2, -0.15) is 0 Å². The van der Waals surface area contributed by atoms with Gasteiger partial charge in [-0.05, 0) is 25.0 Å². The molecule has 0 bridgehead atoms. The van der Waals surface area contributed by atoms with Gasteiger partial charge in [0.25, 0.3) is 0 Å². The van der Waals surface area contributed by atoms with Crippen LogP contribution in [-0.2, 0) is 5.41 Å². The van der Waals surface area contributed by atoms with E-state index in [1.54, 1.807) is 0 Å². The van der Waals surface area contributed by atoms with E-state index in [1.165, 1.54) is 5.56 Å². The SMILES string of the molecule is C=CC1=C(C(=C)C)Oc2c(C)cccc2C1(C)C. The lowest BCUT2D eigenvalue weighted by Crippen LogP contribution is -2.28. The smallest absolute Gasteiger partial charge is 0.134 e. The van der Waals surface area contributed by atoms with Crippen LogP contribution in [0.5, 0.6) is 5.75 Å². The normalized spacial score (nSPS) is 16.9. The van der Waals surface area contributed by atoms with Crippen LogP contribution in [0.2, 0.25) is 0 Å². The maximum Gasteiger partial charge on any atom is 0.134 e.